The molecule has 0 bridgehead atoms. The number of rotatable bonds is 7. The van der Waals surface area contributed by atoms with Gasteiger partial charge in [0, 0.05) is 36.7 Å². The van der Waals surface area contributed by atoms with Crippen molar-refractivity contribution in [2.45, 2.75) is 33.2 Å². The summed E-state index contributed by atoms with van der Waals surface area (Å²) in [7, 11) is 0. The van der Waals surface area contributed by atoms with Gasteiger partial charge in [0.15, 0.2) is 0 Å². The molecule has 2 aromatic heterocycles. The number of aromatic nitrogens is 4. The van der Waals surface area contributed by atoms with Crippen molar-refractivity contribution in [3.8, 4) is 11.3 Å². The third-order valence-corrected chi connectivity index (χ3v) is 4.52. The molecule has 0 aliphatic rings. The molecule has 0 radical (unpaired) electrons. The van der Waals surface area contributed by atoms with Crippen molar-refractivity contribution in [2.24, 2.45) is 0 Å². The summed E-state index contributed by atoms with van der Waals surface area (Å²) >= 11 is 0. The van der Waals surface area contributed by atoms with E-state index in [1.54, 1.807) is 6.07 Å². The van der Waals surface area contributed by atoms with Crippen LogP contribution in [0.15, 0.2) is 47.3 Å². The maximum absolute atomic E-state index is 12.0. The van der Waals surface area contributed by atoms with Crippen LogP contribution < -0.4 is 10.9 Å². The molecule has 2 heterocycles. The highest BCUT2D eigenvalue weighted by Crippen LogP contribution is 2.14. The van der Waals surface area contributed by atoms with Gasteiger partial charge < -0.3 is 5.32 Å². The second-order valence-corrected chi connectivity index (χ2v) is 6.42. The zero-order chi connectivity index (χ0) is 19.2. The lowest BCUT2D eigenvalue weighted by Gasteiger charge is -2.08. The Balaban J connectivity index is 1.53. The van der Waals surface area contributed by atoms with Gasteiger partial charge in [0.1, 0.15) is 0 Å². The summed E-state index contributed by atoms with van der Waals surface area (Å²) in [5, 5.41) is 14.4. The summed E-state index contributed by atoms with van der Waals surface area (Å²) in [5.74, 6) is -0.0673. The van der Waals surface area contributed by atoms with Gasteiger partial charge in [-0.05, 0) is 25.5 Å². The third-order valence-electron chi connectivity index (χ3n) is 4.52. The van der Waals surface area contributed by atoms with Crippen LogP contribution in [-0.2, 0) is 17.8 Å². The van der Waals surface area contributed by atoms with Gasteiger partial charge in [0.05, 0.1) is 17.9 Å². The number of benzene rings is 1. The van der Waals surface area contributed by atoms with Crippen LogP contribution in [0, 0.1) is 13.8 Å². The number of carbonyl (C=O) groups is 1. The first-order valence-corrected chi connectivity index (χ1v) is 8.95. The normalized spacial score (nSPS) is 10.7. The van der Waals surface area contributed by atoms with Gasteiger partial charge in [-0.15, -0.1) is 0 Å². The molecule has 0 fully saturated rings. The zero-order valence-electron chi connectivity index (χ0n) is 15.5. The maximum Gasteiger partial charge on any atom is 0.266 e. The fourth-order valence-electron chi connectivity index (χ4n) is 2.77. The third kappa shape index (κ3) is 4.69. The first-order valence-electron chi connectivity index (χ1n) is 8.95. The van der Waals surface area contributed by atoms with E-state index >= 15 is 0 Å². The molecule has 7 heteroatoms. The number of aromatic amines is 1. The molecule has 3 rings (SSSR count). The number of nitrogens with zero attached hydrogens (tertiary/aromatic N) is 3. The minimum atomic E-state index is -0.188. The molecule has 0 saturated heterocycles. The molecule has 0 saturated carbocycles. The Morgan fingerprint density at radius 2 is 1.93 bits per heavy atom. The fourth-order valence-corrected chi connectivity index (χ4v) is 2.77. The van der Waals surface area contributed by atoms with Gasteiger partial charge in [0.2, 0.25) is 5.91 Å². The zero-order valence-corrected chi connectivity index (χ0v) is 15.5. The average molecular weight is 365 g/mol. The van der Waals surface area contributed by atoms with E-state index in [0.717, 1.165) is 28.2 Å². The molecule has 140 valence electrons. The van der Waals surface area contributed by atoms with E-state index in [1.807, 2.05) is 44.2 Å². The lowest BCUT2D eigenvalue weighted by atomic mass is 10.1. The summed E-state index contributed by atoms with van der Waals surface area (Å²) < 4.78 is 1.38. The number of amides is 1. The maximum atomic E-state index is 12.0. The van der Waals surface area contributed by atoms with Crippen molar-refractivity contribution < 1.29 is 4.79 Å². The Hall–Kier alpha value is -3.22. The second-order valence-electron chi connectivity index (χ2n) is 6.42. The van der Waals surface area contributed by atoms with Crippen LogP contribution in [-0.4, -0.2) is 32.4 Å². The fraction of sp³-hybridized carbons (Fsp3) is 0.300. The van der Waals surface area contributed by atoms with Gasteiger partial charge in [0.25, 0.3) is 5.56 Å². The van der Waals surface area contributed by atoms with Crippen LogP contribution in [0.4, 0.5) is 0 Å². The SMILES string of the molecule is Cc1[nH]nc(CCC(=O)NCCn2nc(-c3ccccc3)ccc2=O)c1C. The lowest BCUT2D eigenvalue weighted by molar-refractivity contribution is -0.121. The van der Waals surface area contributed by atoms with Gasteiger partial charge >= 0.3 is 0 Å². The van der Waals surface area contributed by atoms with Crippen LogP contribution in [0.3, 0.4) is 0 Å². The van der Waals surface area contributed by atoms with E-state index in [2.05, 4.69) is 20.6 Å². The van der Waals surface area contributed by atoms with Gasteiger partial charge in [-0.3, -0.25) is 14.7 Å². The molecule has 27 heavy (non-hydrogen) atoms. The molecular weight excluding hydrogens is 342 g/mol. The topological polar surface area (TPSA) is 92.7 Å². The molecule has 0 unspecified atom stereocenters. The largest absolute Gasteiger partial charge is 0.354 e. The van der Waals surface area contributed by atoms with Gasteiger partial charge in [-0.1, -0.05) is 30.3 Å². The van der Waals surface area contributed by atoms with E-state index in [-0.39, 0.29) is 11.5 Å². The number of carbonyl (C=O) groups excluding carboxylic acids is 1. The summed E-state index contributed by atoms with van der Waals surface area (Å²) in [6.45, 7) is 4.62. The predicted molar refractivity (Wildman–Crippen MR) is 103 cm³/mol. The molecule has 3 aromatic rings. The predicted octanol–water partition coefficient (Wildman–Crippen LogP) is 2.00. The van der Waals surface area contributed by atoms with E-state index in [0.29, 0.717) is 25.9 Å². The summed E-state index contributed by atoms with van der Waals surface area (Å²) in [6.07, 6.45) is 0.946. The quantitative estimate of drug-likeness (QED) is 0.670. The monoisotopic (exact) mass is 365 g/mol. The van der Waals surface area contributed by atoms with E-state index in [4.69, 9.17) is 0 Å². The van der Waals surface area contributed by atoms with E-state index in [1.165, 1.54) is 10.7 Å². The lowest BCUT2D eigenvalue weighted by Crippen LogP contribution is -2.32. The molecule has 1 amide bonds. The van der Waals surface area contributed by atoms with Crippen molar-refractivity contribution in [3.05, 3.63) is 69.8 Å². The Bertz CT molecular complexity index is 976. The molecule has 0 aliphatic carbocycles. The van der Waals surface area contributed by atoms with E-state index in [9.17, 15) is 9.59 Å². The number of hydrogen-bond acceptors (Lipinski definition) is 4. The van der Waals surface area contributed by atoms with Gasteiger partial charge in [-0.25, -0.2) is 4.68 Å². The standard InChI is InChI=1S/C20H23N5O2/c1-14-15(2)22-23-17(14)8-10-19(26)21-12-13-25-20(27)11-9-18(24-25)16-6-4-3-5-7-16/h3-7,9,11H,8,10,12-13H2,1-2H3,(H,21,26)(H,22,23). The average Bonchev–Trinajstić information content (AvgIpc) is 3.00. The van der Waals surface area contributed by atoms with Crippen molar-refractivity contribution in [1.29, 1.82) is 0 Å². The van der Waals surface area contributed by atoms with E-state index < -0.39 is 0 Å². The molecule has 1 aromatic carbocycles. The number of hydrogen-bond donors (Lipinski definition) is 2. The Labute approximate surface area is 157 Å². The molecular formula is C20H23N5O2. The first kappa shape index (κ1) is 18.6. The van der Waals surface area contributed by atoms with Crippen LogP contribution in [0.1, 0.15) is 23.4 Å². The van der Waals surface area contributed by atoms with Crippen molar-refractivity contribution in [2.75, 3.05) is 6.54 Å². The molecule has 0 aliphatic heterocycles. The number of nitrogens with one attached hydrogen (secondary N) is 2. The Kier molecular flexibility index (Phi) is 5.80. The van der Waals surface area contributed by atoms with Crippen molar-refractivity contribution >= 4 is 5.91 Å². The molecule has 2 N–H and O–H groups in total. The second kappa shape index (κ2) is 8.44. The molecule has 7 nitrogen and oxygen atoms in total. The number of aryl methyl sites for hydroxylation is 2. The highest BCUT2D eigenvalue weighted by Gasteiger charge is 2.09. The molecule has 0 atom stereocenters. The number of H-pyrrole nitrogens is 1. The van der Waals surface area contributed by atoms with Crippen LogP contribution in [0.25, 0.3) is 11.3 Å². The minimum Gasteiger partial charge on any atom is -0.354 e. The highest BCUT2D eigenvalue weighted by molar-refractivity contribution is 5.76. The van der Waals surface area contributed by atoms with Crippen molar-refractivity contribution in [3.63, 3.8) is 0 Å². The summed E-state index contributed by atoms with van der Waals surface area (Å²) in [5.41, 5.74) is 4.51. The Morgan fingerprint density at radius 3 is 2.63 bits per heavy atom. The minimum absolute atomic E-state index is 0.0673. The summed E-state index contributed by atoms with van der Waals surface area (Å²) in [6, 6.07) is 12.9. The van der Waals surface area contributed by atoms with Crippen molar-refractivity contribution in [1.82, 2.24) is 25.3 Å². The highest BCUT2D eigenvalue weighted by atomic mass is 16.1. The first-order chi connectivity index (χ1) is 13.0. The summed E-state index contributed by atoms with van der Waals surface area (Å²) in [4.78, 5) is 24.0. The van der Waals surface area contributed by atoms with Crippen LogP contribution in [0.2, 0.25) is 0 Å². The molecule has 0 spiro atoms. The van der Waals surface area contributed by atoms with Crippen LogP contribution in [0.5, 0.6) is 0 Å². The smallest absolute Gasteiger partial charge is 0.266 e. The van der Waals surface area contributed by atoms with Gasteiger partial charge in [-0.2, -0.15) is 10.2 Å². The van der Waals surface area contributed by atoms with Crippen LogP contribution >= 0.6 is 0 Å². The Morgan fingerprint density at radius 1 is 1.15 bits per heavy atom.